The van der Waals surface area contributed by atoms with Gasteiger partial charge in [0.25, 0.3) is 0 Å². The van der Waals surface area contributed by atoms with Gasteiger partial charge in [-0.3, -0.25) is 0 Å². The van der Waals surface area contributed by atoms with Crippen molar-refractivity contribution < 1.29 is 5.11 Å². The van der Waals surface area contributed by atoms with Gasteiger partial charge in [-0.05, 0) is 62.3 Å². The summed E-state index contributed by atoms with van der Waals surface area (Å²) in [5.74, 6) is 0. The second-order valence-corrected chi connectivity index (χ2v) is 6.62. The number of fused-ring (bicyclic) bond motifs is 1. The summed E-state index contributed by atoms with van der Waals surface area (Å²) in [4.78, 5) is 0. The summed E-state index contributed by atoms with van der Waals surface area (Å²) < 4.78 is 2.23. The molecule has 0 unspecified atom stereocenters. The van der Waals surface area contributed by atoms with Gasteiger partial charge in [0.05, 0.1) is 5.60 Å². The molecule has 3 nitrogen and oxygen atoms in total. The molecule has 3 rings (SSSR count). The number of hydrogen-bond acceptors (Lipinski definition) is 2. The van der Waals surface area contributed by atoms with Crippen molar-refractivity contribution in [3.8, 4) is 0 Å². The first-order chi connectivity index (χ1) is 9.51. The van der Waals surface area contributed by atoms with Crippen LogP contribution in [0.15, 0.2) is 30.5 Å². The summed E-state index contributed by atoms with van der Waals surface area (Å²) >= 11 is 0. The summed E-state index contributed by atoms with van der Waals surface area (Å²) in [6, 6.07) is 9.59. The van der Waals surface area contributed by atoms with Crippen molar-refractivity contribution in [1.82, 2.24) is 9.88 Å². The van der Waals surface area contributed by atoms with E-state index in [0.717, 1.165) is 25.6 Å². The predicted octanol–water partition coefficient (Wildman–Crippen LogP) is 3.05. The Morgan fingerprint density at radius 2 is 2.10 bits per heavy atom. The number of rotatable bonds is 6. The van der Waals surface area contributed by atoms with Crippen LogP contribution >= 0.6 is 0 Å². The van der Waals surface area contributed by atoms with Crippen molar-refractivity contribution in [2.24, 2.45) is 0 Å². The molecule has 1 saturated carbocycles. The van der Waals surface area contributed by atoms with Crippen molar-refractivity contribution in [1.29, 1.82) is 0 Å². The smallest absolute Gasteiger partial charge is 0.0608 e. The zero-order chi connectivity index (χ0) is 14.2. The Morgan fingerprint density at radius 3 is 2.80 bits per heavy atom. The Kier molecular flexibility index (Phi) is 3.57. The average molecular weight is 272 g/mol. The van der Waals surface area contributed by atoms with Gasteiger partial charge in [0.2, 0.25) is 0 Å². The van der Waals surface area contributed by atoms with Gasteiger partial charge in [-0.1, -0.05) is 6.07 Å². The Balaban J connectivity index is 1.71. The molecule has 2 aromatic rings. The van der Waals surface area contributed by atoms with Gasteiger partial charge < -0.3 is 15.0 Å². The SMILES string of the molecule is CC(C)(O)CCn1ccc2cc(CNC3CC3)ccc21. The highest BCUT2D eigenvalue weighted by atomic mass is 16.3. The topological polar surface area (TPSA) is 37.2 Å². The first kappa shape index (κ1) is 13.7. The van der Waals surface area contributed by atoms with E-state index in [4.69, 9.17) is 0 Å². The van der Waals surface area contributed by atoms with Crippen LogP contribution in [0, 0.1) is 0 Å². The number of aliphatic hydroxyl groups is 1. The third-order valence-corrected chi connectivity index (χ3v) is 3.97. The summed E-state index contributed by atoms with van der Waals surface area (Å²) in [6.07, 6.45) is 5.54. The predicted molar refractivity (Wildman–Crippen MR) is 82.7 cm³/mol. The molecule has 0 saturated heterocycles. The number of hydrogen-bond donors (Lipinski definition) is 2. The Hall–Kier alpha value is -1.32. The van der Waals surface area contributed by atoms with Crippen LogP contribution in [-0.2, 0) is 13.1 Å². The van der Waals surface area contributed by atoms with Crippen LogP contribution in [0.25, 0.3) is 10.9 Å². The lowest BCUT2D eigenvalue weighted by atomic mass is 10.1. The largest absolute Gasteiger partial charge is 0.390 e. The van der Waals surface area contributed by atoms with E-state index < -0.39 is 5.60 Å². The molecule has 1 aromatic carbocycles. The van der Waals surface area contributed by atoms with E-state index in [1.807, 2.05) is 13.8 Å². The quantitative estimate of drug-likeness (QED) is 0.848. The van der Waals surface area contributed by atoms with Crippen LogP contribution in [0.3, 0.4) is 0 Å². The van der Waals surface area contributed by atoms with E-state index >= 15 is 0 Å². The molecule has 1 aliphatic carbocycles. The van der Waals surface area contributed by atoms with Crippen molar-refractivity contribution in [2.45, 2.75) is 57.8 Å². The second-order valence-electron chi connectivity index (χ2n) is 6.62. The molecule has 0 amide bonds. The van der Waals surface area contributed by atoms with E-state index in [0.29, 0.717) is 0 Å². The molecular formula is C17H24N2O. The molecule has 0 spiro atoms. The van der Waals surface area contributed by atoms with Crippen molar-refractivity contribution in [2.75, 3.05) is 0 Å². The lowest BCUT2D eigenvalue weighted by molar-refractivity contribution is 0.0666. The van der Waals surface area contributed by atoms with E-state index in [2.05, 4.69) is 40.3 Å². The zero-order valence-corrected chi connectivity index (χ0v) is 12.4. The molecule has 0 radical (unpaired) electrons. The highest BCUT2D eigenvalue weighted by Crippen LogP contribution is 2.22. The molecule has 20 heavy (non-hydrogen) atoms. The molecule has 108 valence electrons. The van der Waals surface area contributed by atoms with E-state index in [1.165, 1.54) is 29.3 Å². The molecule has 1 heterocycles. The van der Waals surface area contributed by atoms with Crippen LogP contribution < -0.4 is 5.32 Å². The fourth-order valence-electron chi connectivity index (χ4n) is 2.50. The minimum Gasteiger partial charge on any atom is -0.390 e. The Labute approximate surface area is 120 Å². The van der Waals surface area contributed by atoms with Crippen LogP contribution in [0.4, 0.5) is 0 Å². The van der Waals surface area contributed by atoms with Crippen molar-refractivity contribution in [3.05, 3.63) is 36.0 Å². The third kappa shape index (κ3) is 3.41. The highest BCUT2D eigenvalue weighted by molar-refractivity contribution is 5.80. The van der Waals surface area contributed by atoms with Gasteiger partial charge in [0.1, 0.15) is 0 Å². The van der Waals surface area contributed by atoms with Gasteiger partial charge in [-0.15, -0.1) is 0 Å². The number of benzene rings is 1. The average Bonchev–Trinajstić information content (AvgIpc) is 3.13. The number of aryl methyl sites for hydroxylation is 1. The number of aromatic nitrogens is 1. The highest BCUT2D eigenvalue weighted by Gasteiger charge is 2.20. The molecule has 1 fully saturated rings. The fourth-order valence-corrected chi connectivity index (χ4v) is 2.50. The summed E-state index contributed by atoms with van der Waals surface area (Å²) in [7, 11) is 0. The molecule has 0 atom stereocenters. The van der Waals surface area contributed by atoms with Crippen molar-refractivity contribution >= 4 is 10.9 Å². The molecule has 0 bridgehead atoms. The molecule has 0 aliphatic heterocycles. The summed E-state index contributed by atoms with van der Waals surface area (Å²) in [6.45, 7) is 5.54. The minimum atomic E-state index is -0.606. The van der Waals surface area contributed by atoms with Crippen LogP contribution in [-0.4, -0.2) is 21.3 Å². The molecule has 2 N–H and O–H groups in total. The van der Waals surface area contributed by atoms with Crippen LogP contribution in [0.5, 0.6) is 0 Å². The fraction of sp³-hybridized carbons (Fsp3) is 0.529. The minimum absolute atomic E-state index is 0.606. The second kappa shape index (κ2) is 5.23. The maximum absolute atomic E-state index is 9.84. The van der Waals surface area contributed by atoms with Gasteiger partial charge in [-0.25, -0.2) is 0 Å². The maximum atomic E-state index is 9.84. The normalized spacial score (nSPS) is 15.9. The lowest BCUT2D eigenvalue weighted by Crippen LogP contribution is -2.20. The molecule has 1 aromatic heterocycles. The van der Waals surface area contributed by atoms with Crippen LogP contribution in [0.2, 0.25) is 0 Å². The van der Waals surface area contributed by atoms with Gasteiger partial charge >= 0.3 is 0 Å². The van der Waals surface area contributed by atoms with Gasteiger partial charge in [0, 0.05) is 30.8 Å². The monoisotopic (exact) mass is 272 g/mol. The zero-order valence-electron chi connectivity index (χ0n) is 12.4. The molecule has 1 aliphatic rings. The maximum Gasteiger partial charge on any atom is 0.0608 e. The van der Waals surface area contributed by atoms with E-state index in [9.17, 15) is 5.11 Å². The van der Waals surface area contributed by atoms with Crippen LogP contribution in [0.1, 0.15) is 38.7 Å². The molecular weight excluding hydrogens is 248 g/mol. The standard InChI is InChI=1S/C17H24N2O/c1-17(2,20)8-10-19-9-7-14-11-13(3-6-16(14)19)12-18-15-4-5-15/h3,6-7,9,11,15,18,20H,4-5,8,10,12H2,1-2H3. The summed E-state index contributed by atoms with van der Waals surface area (Å²) in [5.41, 5.74) is 2.00. The first-order valence-corrected chi connectivity index (χ1v) is 7.55. The Morgan fingerprint density at radius 1 is 1.30 bits per heavy atom. The van der Waals surface area contributed by atoms with E-state index in [1.54, 1.807) is 0 Å². The first-order valence-electron chi connectivity index (χ1n) is 7.55. The number of nitrogens with one attached hydrogen (secondary N) is 1. The van der Waals surface area contributed by atoms with Gasteiger partial charge in [0.15, 0.2) is 0 Å². The van der Waals surface area contributed by atoms with E-state index in [-0.39, 0.29) is 0 Å². The van der Waals surface area contributed by atoms with Gasteiger partial charge in [-0.2, -0.15) is 0 Å². The molecule has 3 heteroatoms. The third-order valence-electron chi connectivity index (χ3n) is 3.97. The summed E-state index contributed by atoms with van der Waals surface area (Å²) in [5, 5.41) is 14.7. The number of nitrogens with zero attached hydrogens (tertiary/aromatic N) is 1. The van der Waals surface area contributed by atoms with Crippen molar-refractivity contribution in [3.63, 3.8) is 0 Å². The lowest BCUT2D eigenvalue weighted by Gasteiger charge is -2.17. The Bertz CT molecular complexity index is 591.